The van der Waals surface area contributed by atoms with Crippen molar-refractivity contribution >= 4 is 23.1 Å². The van der Waals surface area contributed by atoms with Crippen LogP contribution in [0.2, 0.25) is 0 Å². The predicted molar refractivity (Wildman–Crippen MR) is 94.2 cm³/mol. The summed E-state index contributed by atoms with van der Waals surface area (Å²) < 4.78 is 17.1. The molecule has 0 aliphatic carbocycles. The van der Waals surface area contributed by atoms with Gasteiger partial charge in [-0.25, -0.2) is 4.98 Å². The molecule has 0 spiro atoms. The SMILES string of the molecule is CC(C)[C@H](N)C(=O)OC[C@H](CO)OCOCn1cnc2c(=O)[nH]c(N)nc21. The Morgan fingerprint density at radius 2 is 2.19 bits per heavy atom. The molecule has 150 valence electrons. The minimum Gasteiger partial charge on any atom is -0.462 e. The number of rotatable bonds is 10. The average Bonchev–Trinajstić information content (AvgIpc) is 3.03. The fourth-order valence-electron chi connectivity index (χ4n) is 2.04. The second kappa shape index (κ2) is 9.41. The first-order valence-corrected chi connectivity index (χ1v) is 8.26. The number of hydrogen-bond acceptors (Lipinski definition) is 10. The van der Waals surface area contributed by atoms with Crippen LogP contribution in [0.4, 0.5) is 5.95 Å². The van der Waals surface area contributed by atoms with Crippen LogP contribution >= 0.6 is 0 Å². The number of aromatic amines is 1. The molecule has 27 heavy (non-hydrogen) atoms. The normalized spacial score (nSPS) is 13.8. The van der Waals surface area contributed by atoms with E-state index in [-0.39, 0.29) is 49.8 Å². The molecule has 2 rings (SSSR count). The zero-order valence-electron chi connectivity index (χ0n) is 15.1. The number of esters is 1. The zero-order valence-corrected chi connectivity index (χ0v) is 15.1. The molecule has 0 unspecified atom stereocenters. The molecule has 0 aliphatic heterocycles. The molecule has 0 aliphatic rings. The van der Waals surface area contributed by atoms with Crippen molar-refractivity contribution < 1.29 is 24.1 Å². The van der Waals surface area contributed by atoms with Crippen LogP contribution in [0.5, 0.6) is 0 Å². The van der Waals surface area contributed by atoms with Gasteiger partial charge < -0.3 is 30.8 Å². The number of aliphatic hydroxyl groups is 1. The largest absolute Gasteiger partial charge is 0.462 e. The number of nitrogens with two attached hydrogens (primary N) is 2. The van der Waals surface area contributed by atoms with Crippen molar-refractivity contribution in [2.24, 2.45) is 11.7 Å². The van der Waals surface area contributed by atoms with E-state index in [9.17, 15) is 14.7 Å². The van der Waals surface area contributed by atoms with Crippen molar-refractivity contribution in [3.05, 3.63) is 16.7 Å². The van der Waals surface area contributed by atoms with Gasteiger partial charge in [0.2, 0.25) is 5.95 Å². The third kappa shape index (κ3) is 5.47. The fraction of sp³-hybridized carbons (Fsp3) is 0.600. The molecule has 0 aromatic carbocycles. The maximum Gasteiger partial charge on any atom is 0.323 e. The van der Waals surface area contributed by atoms with Gasteiger partial charge in [-0.2, -0.15) is 4.98 Å². The summed E-state index contributed by atoms with van der Waals surface area (Å²) in [5.41, 5.74) is 11.1. The van der Waals surface area contributed by atoms with E-state index in [0.717, 1.165) is 0 Å². The standard InChI is InChI=1S/C15H24N6O6/c1-8(2)10(16)14(24)26-4-9(3-22)27-7-25-6-21-5-18-11-12(21)19-15(17)20-13(11)23/h5,8-10,22H,3-4,6-7,16H2,1-2H3,(H3,17,19,20,23)/t9-,10-/m0/s1. The van der Waals surface area contributed by atoms with Gasteiger partial charge in [0.25, 0.3) is 5.56 Å². The Hall–Kier alpha value is -2.54. The summed E-state index contributed by atoms with van der Waals surface area (Å²) in [5, 5.41) is 9.29. The van der Waals surface area contributed by atoms with Gasteiger partial charge in [0.15, 0.2) is 11.2 Å². The third-order valence-electron chi connectivity index (χ3n) is 3.72. The summed E-state index contributed by atoms with van der Waals surface area (Å²) in [6.45, 7) is 2.88. The average molecular weight is 384 g/mol. The highest BCUT2D eigenvalue weighted by atomic mass is 16.7. The fourth-order valence-corrected chi connectivity index (χ4v) is 2.04. The maximum absolute atomic E-state index is 11.7. The Labute approximate surface area is 154 Å². The lowest BCUT2D eigenvalue weighted by Crippen LogP contribution is -2.39. The quantitative estimate of drug-likeness (QED) is 0.215. The van der Waals surface area contributed by atoms with Crippen LogP contribution in [0.3, 0.4) is 0 Å². The maximum atomic E-state index is 11.7. The van der Waals surface area contributed by atoms with Gasteiger partial charge in [-0.1, -0.05) is 13.8 Å². The van der Waals surface area contributed by atoms with E-state index >= 15 is 0 Å². The lowest BCUT2D eigenvalue weighted by molar-refractivity contribution is -0.161. The molecule has 6 N–H and O–H groups in total. The first-order chi connectivity index (χ1) is 12.8. The molecule has 0 fully saturated rings. The van der Waals surface area contributed by atoms with Gasteiger partial charge in [0.1, 0.15) is 32.3 Å². The highest BCUT2D eigenvalue weighted by molar-refractivity contribution is 5.75. The number of carbonyl (C=O) groups is 1. The third-order valence-corrected chi connectivity index (χ3v) is 3.72. The Kier molecular flexibility index (Phi) is 7.24. The number of imidazole rings is 1. The lowest BCUT2D eigenvalue weighted by Gasteiger charge is -2.18. The van der Waals surface area contributed by atoms with E-state index < -0.39 is 23.7 Å². The van der Waals surface area contributed by atoms with E-state index in [1.165, 1.54) is 10.9 Å². The zero-order chi connectivity index (χ0) is 20.0. The van der Waals surface area contributed by atoms with E-state index in [2.05, 4.69) is 15.0 Å². The Morgan fingerprint density at radius 1 is 1.44 bits per heavy atom. The van der Waals surface area contributed by atoms with Gasteiger partial charge in [-0.05, 0) is 5.92 Å². The molecule has 2 aromatic rings. The molecule has 0 saturated carbocycles. The lowest BCUT2D eigenvalue weighted by atomic mass is 10.1. The monoisotopic (exact) mass is 384 g/mol. The molecular formula is C15H24N6O6. The first-order valence-electron chi connectivity index (χ1n) is 8.26. The van der Waals surface area contributed by atoms with E-state index in [4.69, 9.17) is 25.7 Å². The van der Waals surface area contributed by atoms with Crippen LogP contribution in [-0.4, -0.2) is 62.7 Å². The summed E-state index contributed by atoms with van der Waals surface area (Å²) in [5.74, 6) is -0.659. The highest BCUT2D eigenvalue weighted by Gasteiger charge is 2.20. The van der Waals surface area contributed by atoms with Crippen LogP contribution in [0.1, 0.15) is 13.8 Å². The first kappa shape index (κ1) is 20.8. The van der Waals surface area contributed by atoms with E-state index in [1.807, 2.05) is 0 Å². The van der Waals surface area contributed by atoms with Crippen molar-refractivity contribution in [1.82, 2.24) is 19.5 Å². The Balaban J connectivity index is 1.80. The number of nitrogens with zero attached hydrogens (tertiary/aromatic N) is 3. The Morgan fingerprint density at radius 3 is 2.85 bits per heavy atom. The van der Waals surface area contributed by atoms with Crippen LogP contribution in [0, 0.1) is 5.92 Å². The molecule has 12 heteroatoms. The van der Waals surface area contributed by atoms with Crippen LogP contribution in [0.15, 0.2) is 11.1 Å². The van der Waals surface area contributed by atoms with E-state index in [0.29, 0.717) is 0 Å². The number of ether oxygens (including phenoxy) is 3. The second-order valence-electron chi connectivity index (χ2n) is 6.16. The minimum atomic E-state index is -0.760. The summed E-state index contributed by atoms with van der Waals surface area (Å²) >= 11 is 0. The van der Waals surface area contributed by atoms with Gasteiger partial charge in [-0.15, -0.1) is 0 Å². The van der Waals surface area contributed by atoms with Gasteiger partial charge in [-0.3, -0.25) is 19.1 Å². The number of H-pyrrole nitrogens is 1. The van der Waals surface area contributed by atoms with Crippen molar-refractivity contribution in [1.29, 1.82) is 0 Å². The molecule has 2 aromatic heterocycles. The number of nitrogen functional groups attached to an aromatic ring is 1. The molecular weight excluding hydrogens is 360 g/mol. The summed E-state index contributed by atoms with van der Waals surface area (Å²) in [6.07, 6.45) is 0.620. The second-order valence-corrected chi connectivity index (χ2v) is 6.16. The molecule has 2 heterocycles. The molecule has 0 saturated heterocycles. The number of anilines is 1. The van der Waals surface area contributed by atoms with Crippen LogP contribution in [-0.2, 0) is 25.7 Å². The van der Waals surface area contributed by atoms with Gasteiger partial charge >= 0.3 is 5.97 Å². The summed E-state index contributed by atoms with van der Waals surface area (Å²) in [4.78, 5) is 33.7. The minimum absolute atomic E-state index is 0.0114. The molecule has 0 radical (unpaired) electrons. The highest BCUT2D eigenvalue weighted by Crippen LogP contribution is 2.07. The topological polar surface area (TPSA) is 181 Å². The number of carbonyl (C=O) groups excluding carboxylic acids is 1. The number of aromatic nitrogens is 4. The van der Waals surface area contributed by atoms with Gasteiger partial charge in [0, 0.05) is 0 Å². The van der Waals surface area contributed by atoms with Crippen LogP contribution in [0.25, 0.3) is 11.2 Å². The van der Waals surface area contributed by atoms with Crippen molar-refractivity contribution in [3.63, 3.8) is 0 Å². The predicted octanol–water partition coefficient (Wildman–Crippen LogP) is -1.46. The van der Waals surface area contributed by atoms with Crippen molar-refractivity contribution in [2.45, 2.75) is 32.7 Å². The van der Waals surface area contributed by atoms with Crippen molar-refractivity contribution in [2.75, 3.05) is 25.7 Å². The van der Waals surface area contributed by atoms with E-state index in [1.54, 1.807) is 13.8 Å². The smallest absolute Gasteiger partial charge is 0.323 e. The number of aliphatic hydroxyl groups excluding tert-OH is 1. The molecule has 0 bridgehead atoms. The molecule has 0 amide bonds. The van der Waals surface area contributed by atoms with Crippen LogP contribution < -0.4 is 17.0 Å². The summed E-state index contributed by atoms with van der Waals surface area (Å²) in [7, 11) is 0. The number of nitrogens with one attached hydrogen (secondary N) is 1. The van der Waals surface area contributed by atoms with Crippen molar-refractivity contribution in [3.8, 4) is 0 Å². The molecule has 2 atom stereocenters. The Bertz CT molecular complexity index is 819. The number of hydrogen-bond donors (Lipinski definition) is 4. The number of fused-ring (bicyclic) bond motifs is 1. The van der Waals surface area contributed by atoms with Gasteiger partial charge in [0.05, 0.1) is 12.9 Å². The molecule has 12 nitrogen and oxygen atoms in total. The summed E-state index contributed by atoms with van der Waals surface area (Å²) in [6, 6.07) is -0.738.